The quantitative estimate of drug-likeness (QED) is 0.620. The zero-order valence-corrected chi connectivity index (χ0v) is 12.3. The van der Waals surface area contributed by atoms with Gasteiger partial charge in [0.05, 0.1) is 25.7 Å². The van der Waals surface area contributed by atoms with E-state index in [2.05, 4.69) is 0 Å². The van der Waals surface area contributed by atoms with Crippen molar-refractivity contribution < 1.29 is 19.1 Å². The SMILES string of the molecule is COC(=O)[C@H]1[C@H]2C=C[C@@]3(CN(Cc4ccccc4)C(=O)[C@@H]13)O2. The lowest BCUT2D eigenvalue weighted by Crippen LogP contribution is -2.39. The van der Waals surface area contributed by atoms with Crippen LogP contribution in [-0.2, 0) is 25.6 Å². The normalized spacial score (nSPS) is 35.0. The number of ether oxygens (including phenoxy) is 2. The molecule has 5 nitrogen and oxygen atoms in total. The van der Waals surface area contributed by atoms with Crippen LogP contribution in [0.3, 0.4) is 0 Å². The lowest BCUT2D eigenvalue weighted by molar-refractivity contribution is -0.151. The molecule has 1 aromatic rings. The molecule has 0 saturated carbocycles. The van der Waals surface area contributed by atoms with Crippen LogP contribution < -0.4 is 0 Å². The molecule has 2 saturated heterocycles. The fourth-order valence-corrected chi connectivity index (χ4v) is 3.92. The van der Waals surface area contributed by atoms with E-state index in [1.54, 1.807) is 4.90 Å². The first-order chi connectivity index (χ1) is 10.6. The third-order valence-electron chi connectivity index (χ3n) is 4.87. The van der Waals surface area contributed by atoms with Gasteiger partial charge in [0, 0.05) is 6.54 Å². The highest BCUT2D eigenvalue weighted by Crippen LogP contribution is 2.52. The fourth-order valence-electron chi connectivity index (χ4n) is 3.92. The molecule has 1 amide bonds. The first kappa shape index (κ1) is 13.5. The van der Waals surface area contributed by atoms with Crippen LogP contribution in [0.15, 0.2) is 42.5 Å². The van der Waals surface area contributed by atoms with Crippen LogP contribution in [-0.4, -0.2) is 42.1 Å². The molecule has 0 unspecified atom stereocenters. The number of fused-ring (bicyclic) bond motifs is 1. The number of nitrogens with zero attached hydrogens (tertiary/aromatic N) is 1. The first-order valence-electron chi connectivity index (χ1n) is 7.42. The van der Waals surface area contributed by atoms with Crippen LogP contribution in [0, 0.1) is 11.8 Å². The van der Waals surface area contributed by atoms with Gasteiger partial charge in [-0.05, 0) is 5.56 Å². The second-order valence-electron chi connectivity index (χ2n) is 6.10. The molecule has 5 heteroatoms. The maximum absolute atomic E-state index is 12.8. The molecule has 3 aliphatic rings. The largest absolute Gasteiger partial charge is 0.469 e. The number of hydrogen-bond acceptors (Lipinski definition) is 4. The second-order valence-corrected chi connectivity index (χ2v) is 6.10. The first-order valence-corrected chi connectivity index (χ1v) is 7.42. The van der Waals surface area contributed by atoms with E-state index in [4.69, 9.17) is 9.47 Å². The Morgan fingerprint density at radius 3 is 2.91 bits per heavy atom. The highest BCUT2D eigenvalue weighted by molar-refractivity contribution is 5.91. The minimum atomic E-state index is -0.657. The zero-order valence-electron chi connectivity index (χ0n) is 12.3. The van der Waals surface area contributed by atoms with Crippen LogP contribution in [0.4, 0.5) is 0 Å². The Hall–Kier alpha value is -2.14. The molecular weight excluding hydrogens is 282 g/mol. The minimum Gasteiger partial charge on any atom is -0.469 e. The van der Waals surface area contributed by atoms with E-state index < -0.39 is 17.4 Å². The lowest BCUT2D eigenvalue weighted by Gasteiger charge is -2.22. The number of methoxy groups -OCH3 is 1. The summed E-state index contributed by atoms with van der Waals surface area (Å²) in [6, 6.07) is 9.84. The number of rotatable bonds is 3. The standard InChI is InChI=1S/C17H17NO4/c1-21-16(20)13-12-7-8-17(22-12)10-18(15(19)14(13)17)9-11-5-3-2-4-6-11/h2-8,12-14H,9-10H2,1H3/t12-,13+,14-,17+/m1/s1. The molecule has 0 N–H and O–H groups in total. The van der Waals surface area contributed by atoms with Gasteiger partial charge in [-0.3, -0.25) is 9.59 Å². The maximum Gasteiger partial charge on any atom is 0.312 e. The Morgan fingerprint density at radius 2 is 2.18 bits per heavy atom. The Balaban J connectivity index is 1.62. The Bertz CT molecular complexity index is 656. The summed E-state index contributed by atoms with van der Waals surface area (Å²) in [5.41, 5.74) is 0.412. The molecule has 4 atom stereocenters. The Kier molecular flexibility index (Phi) is 2.87. The van der Waals surface area contributed by atoms with Crippen molar-refractivity contribution in [2.45, 2.75) is 18.2 Å². The number of esters is 1. The molecule has 2 bridgehead atoms. The summed E-state index contributed by atoms with van der Waals surface area (Å²) in [6.45, 7) is 1.03. The number of amides is 1. The fraction of sp³-hybridized carbons (Fsp3) is 0.412. The summed E-state index contributed by atoms with van der Waals surface area (Å²) < 4.78 is 10.9. The molecule has 3 aliphatic heterocycles. The second kappa shape index (κ2) is 4.68. The van der Waals surface area contributed by atoms with E-state index in [9.17, 15) is 9.59 Å². The monoisotopic (exact) mass is 299 g/mol. The van der Waals surface area contributed by atoms with Gasteiger partial charge in [-0.25, -0.2) is 0 Å². The van der Waals surface area contributed by atoms with Gasteiger partial charge in [-0.1, -0.05) is 42.5 Å². The van der Waals surface area contributed by atoms with Crippen molar-refractivity contribution in [1.29, 1.82) is 0 Å². The van der Waals surface area contributed by atoms with Gasteiger partial charge in [0.2, 0.25) is 5.91 Å². The summed E-state index contributed by atoms with van der Waals surface area (Å²) in [6.07, 6.45) is 3.50. The Morgan fingerprint density at radius 1 is 1.41 bits per heavy atom. The van der Waals surface area contributed by atoms with Crippen LogP contribution >= 0.6 is 0 Å². The topological polar surface area (TPSA) is 55.8 Å². The average Bonchev–Trinajstić information content (AvgIpc) is 3.16. The minimum absolute atomic E-state index is 0.0221. The zero-order chi connectivity index (χ0) is 15.3. The van der Waals surface area contributed by atoms with Gasteiger partial charge in [-0.15, -0.1) is 0 Å². The molecule has 1 aromatic carbocycles. The summed E-state index contributed by atoms with van der Waals surface area (Å²) in [5.74, 6) is -1.37. The van der Waals surface area contributed by atoms with Crippen molar-refractivity contribution in [3.8, 4) is 0 Å². The van der Waals surface area contributed by atoms with E-state index in [1.807, 2.05) is 42.5 Å². The van der Waals surface area contributed by atoms with Crippen LogP contribution in [0.2, 0.25) is 0 Å². The van der Waals surface area contributed by atoms with Crippen LogP contribution in [0.1, 0.15) is 5.56 Å². The lowest BCUT2D eigenvalue weighted by atomic mass is 9.77. The highest BCUT2D eigenvalue weighted by atomic mass is 16.5. The molecule has 4 rings (SSSR count). The van der Waals surface area contributed by atoms with Gasteiger partial charge in [0.15, 0.2) is 0 Å². The molecule has 22 heavy (non-hydrogen) atoms. The van der Waals surface area contributed by atoms with Crippen LogP contribution in [0.5, 0.6) is 0 Å². The number of carbonyl (C=O) groups excluding carboxylic acids is 2. The Labute approximate surface area is 128 Å². The molecular formula is C17H17NO4. The van der Waals surface area contributed by atoms with Crippen molar-refractivity contribution >= 4 is 11.9 Å². The van der Waals surface area contributed by atoms with Crippen molar-refractivity contribution in [2.75, 3.05) is 13.7 Å². The maximum atomic E-state index is 12.8. The van der Waals surface area contributed by atoms with Gasteiger partial charge in [-0.2, -0.15) is 0 Å². The summed E-state index contributed by atoms with van der Waals surface area (Å²) in [7, 11) is 1.35. The number of likely N-dealkylation sites (tertiary alicyclic amines) is 1. The smallest absolute Gasteiger partial charge is 0.312 e. The number of hydrogen-bond donors (Lipinski definition) is 0. The van der Waals surface area contributed by atoms with Crippen molar-refractivity contribution in [3.63, 3.8) is 0 Å². The van der Waals surface area contributed by atoms with Gasteiger partial charge in [0.25, 0.3) is 0 Å². The molecule has 114 valence electrons. The number of benzene rings is 1. The number of carbonyl (C=O) groups is 2. The van der Waals surface area contributed by atoms with E-state index in [-0.39, 0.29) is 18.0 Å². The predicted molar refractivity (Wildman–Crippen MR) is 77.6 cm³/mol. The third-order valence-corrected chi connectivity index (χ3v) is 4.87. The van der Waals surface area contributed by atoms with Gasteiger partial charge in [0.1, 0.15) is 11.5 Å². The summed E-state index contributed by atoms with van der Waals surface area (Å²) >= 11 is 0. The van der Waals surface area contributed by atoms with E-state index in [0.717, 1.165) is 5.56 Å². The van der Waals surface area contributed by atoms with E-state index in [1.165, 1.54) is 7.11 Å². The third kappa shape index (κ3) is 1.75. The molecule has 0 aromatic heterocycles. The predicted octanol–water partition coefficient (Wildman–Crippen LogP) is 1.14. The van der Waals surface area contributed by atoms with Gasteiger partial charge >= 0.3 is 5.97 Å². The molecule has 0 aliphatic carbocycles. The van der Waals surface area contributed by atoms with Crippen molar-refractivity contribution in [2.24, 2.45) is 11.8 Å². The molecule has 1 spiro atoms. The molecule has 0 radical (unpaired) electrons. The summed E-state index contributed by atoms with van der Waals surface area (Å²) in [5, 5.41) is 0. The van der Waals surface area contributed by atoms with Crippen molar-refractivity contribution in [3.05, 3.63) is 48.0 Å². The van der Waals surface area contributed by atoms with E-state index >= 15 is 0 Å². The van der Waals surface area contributed by atoms with Gasteiger partial charge < -0.3 is 14.4 Å². The summed E-state index contributed by atoms with van der Waals surface area (Å²) in [4.78, 5) is 26.6. The highest BCUT2D eigenvalue weighted by Gasteiger charge is 2.67. The van der Waals surface area contributed by atoms with E-state index in [0.29, 0.717) is 13.1 Å². The average molecular weight is 299 g/mol. The van der Waals surface area contributed by atoms with Crippen molar-refractivity contribution in [1.82, 2.24) is 4.90 Å². The molecule has 2 fully saturated rings. The molecule has 3 heterocycles. The van der Waals surface area contributed by atoms with Crippen LogP contribution in [0.25, 0.3) is 0 Å².